The molecule has 1 aliphatic rings. The average molecular weight is 280 g/mol. The first-order valence-electron chi connectivity index (χ1n) is 6.18. The summed E-state index contributed by atoms with van der Waals surface area (Å²) in [6.45, 7) is 2.84. The number of aryl methyl sites for hydroxylation is 1. The number of carbonyl (C=O) groups is 2. The minimum Gasteiger partial charge on any atom is -0.481 e. The standard InChI is InChI=1S/C13H16N2O3S/c1-9-14-11(8-19-9)4-5-12(16)15-6-2-3-10(7-15)13(17)18/h4-5,8,10H,2-3,6-7H2,1H3,(H,17,18). The van der Waals surface area contributed by atoms with Crippen molar-refractivity contribution < 1.29 is 14.7 Å². The van der Waals surface area contributed by atoms with E-state index in [0.717, 1.165) is 17.1 Å². The topological polar surface area (TPSA) is 70.5 Å². The van der Waals surface area contributed by atoms with E-state index in [9.17, 15) is 9.59 Å². The Balaban J connectivity index is 1.96. The highest BCUT2D eigenvalue weighted by Gasteiger charge is 2.27. The monoisotopic (exact) mass is 280 g/mol. The number of carboxylic acid groups (broad SMARTS) is 1. The van der Waals surface area contributed by atoms with E-state index in [2.05, 4.69) is 4.98 Å². The number of carbonyl (C=O) groups excluding carboxylic acids is 1. The van der Waals surface area contributed by atoms with Crippen LogP contribution in [0.3, 0.4) is 0 Å². The number of likely N-dealkylation sites (tertiary alicyclic amines) is 1. The van der Waals surface area contributed by atoms with Crippen LogP contribution in [0.15, 0.2) is 11.5 Å². The van der Waals surface area contributed by atoms with E-state index in [-0.39, 0.29) is 5.91 Å². The van der Waals surface area contributed by atoms with Gasteiger partial charge in [0.25, 0.3) is 0 Å². The summed E-state index contributed by atoms with van der Waals surface area (Å²) in [4.78, 5) is 28.7. The van der Waals surface area contributed by atoms with E-state index in [4.69, 9.17) is 5.11 Å². The number of aliphatic carboxylic acids is 1. The molecule has 5 nitrogen and oxygen atoms in total. The molecule has 2 heterocycles. The Bertz CT molecular complexity index is 510. The molecule has 2 rings (SSSR count). The van der Waals surface area contributed by atoms with Gasteiger partial charge in [-0.1, -0.05) is 0 Å². The van der Waals surface area contributed by atoms with Gasteiger partial charge in [0.05, 0.1) is 16.6 Å². The highest BCUT2D eigenvalue weighted by molar-refractivity contribution is 7.09. The summed E-state index contributed by atoms with van der Waals surface area (Å²) < 4.78 is 0. The molecule has 102 valence electrons. The van der Waals surface area contributed by atoms with Crippen LogP contribution in [0.25, 0.3) is 6.08 Å². The Labute approximate surface area is 115 Å². The second kappa shape index (κ2) is 5.97. The molecule has 1 atom stereocenters. The summed E-state index contributed by atoms with van der Waals surface area (Å²) >= 11 is 1.53. The molecule has 1 aliphatic heterocycles. The molecule has 0 aromatic carbocycles. The van der Waals surface area contributed by atoms with Crippen molar-refractivity contribution in [2.24, 2.45) is 5.92 Å². The van der Waals surface area contributed by atoms with Crippen LogP contribution in [0.2, 0.25) is 0 Å². The second-order valence-electron chi connectivity index (χ2n) is 4.59. The van der Waals surface area contributed by atoms with Gasteiger partial charge >= 0.3 is 5.97 Å². The fraction of sp³-hybridized carbons (Fsp3) is 0.462. The Morgan fingerprint density at radius 3 is 3.00 bits per heavy atom. The molecular weight excluding hydrogens is 264 g/mol. The van der Waals surface area contributed by atoms with Gasteiger partial charge in [-0.2, -0.15) is 0 Å². The second-order valence-corrected chi connectivity index (χ2v) is 5.65. The number of rotatable bonds is 3. The molecule has 6 heteroatoms. The molecule has 1 N–H and O–H groups in total. The Hall–Kier alpha value is -1.69. The normalized spacial score (nSPS) is 19.8. The van der Waals surface area contributed by atoms with Crippen molar-refractivity contribution in [3.8, 4) is 0 Å². The third-order valence-electron chi connectivity index (χ3n) is 3.12. The SMILES string of the molecule is Cc1nc(C=CC(=O)N2CCCC(C(=O)O)C2)cs1. The predicted octanol–water partition coefficient (Wildman–Crippen LogP) is 1.79. The van der Waals surface area contributed by atoms with Crippen molar-refractivity contribution >= 4 is 29.3 Å². The third-order valence-corrected chi connectivity index (χ3v) is 3.91. The number of hydrogen-bond acceptors (Lipinski definition) is 4. The lowest BCUT2D eigenvalue weighted by Gasteiger charge is -2.29. The summed E-state index contributed by atoms with van der Waals surface area (Å²) in [5.74, 6) is -1.40. The minimum atomic E-state index is -0.823. The number of amides is 1. The number of carboxylic acids is 1. The lowest BCUT2D eigenvalue weighted by atomic mass is 9.98. The molecule has 0 saturated carbocycles. The third kappa shape index (κ3) is 3.64. The van der Waals surface area contributed by atoms with Gasteiger partial charge in [0.15, 0.2) is 0 Å². The van der Waals surface area contributed by atoms with Crippen LogP contribution in [0.5, 0.6) is 0 Å². The lowest BCUT2D eigenvalue weighted by Crippen LogP contribution is -2.41. The van der Waals surface area contributed by atoms with Gasteiger partial charge in [-0.05, 0) is 25.8 Å². The fourth-order valence-electron chi connectivity index (χ4n) is 2.10. The minimum absolute atomic E-state index is 0.142. The first-order chi connectivity index (χ1) is 9.06. The number of hydrogen-bond donors (Lipinski definition) is 1. The quantitative estimate of drug-likeness (QED) is 0.857. The number of thiazole rings is 1. The van der Waals surface area contributed by atoms with Gasteiger partial charge in [0, 0.05) is 24.5 Å². The zero-order valence-corrected chi connectivity index (χ0v) is 11.5. The lowest BCUT2D eigenvalue weighted by molar-refractivity contribution is -0.144. The van der Waals surface area contributed by atoms with Gasteiger partial charge in [0.1, 0.15) is 0 Å². The van der Waals surface area contributed by atoms with Crippen LogP contribution < -0.4 is 0 Å². The van der Waals surface area contributed by atoms with Crippen LogP contribution in [-0.2, 0) is 9.59 Å². The first kappa shape index (κ1) is 13.7. The van der Waals surface area contributed by atoms with E-state index in [1.54, 1.807) is 11.0 Å². The molecule has 0 radical (unpaired) electrons. The van der Waals surface area contributed by atoms with E-state index in [0.29, 0.717) is 19.5 Å². The van der Waals surface area contributed by atoms with Crippen molar-refractivity contribution in [2.45, 2.75) is 19.8 Å². The Kier molecular flexibility index (Phi) is 4.31. The zero-order chi connectivity index (χ0) is 13.8. The highest BCUT2D eigenvalue weighted by atomic mass is 32.1. The molecule has 1 aromatic rings. The molecule has 0 bridgehead atoms. The summed E-state index contributed by atoms with van der Waals surface area (Å²) in [5, 5.41) is 11.8. The fourth-order valence-corrected chi connectivity index (χ4v) is 2.68. The maximum Gasteiger partial charge on any atom is 0.308 e. The molecule has 0 spiro atoms. The van der Waals surface area contributed by atoms with Crippen molar-refractivity contribution in [2.75, 3.05) is 13.1 Å². The van der Waals surface area contributed by atoms with Crippen LogP contribution in [0.1, 0.15) is 23.5 Å². The molecule has 1 amide bonds. The summed E-state index contributed by atoms with van der Waals surface area (Å²) in [6, 6.07) is 0. The maximum atomic E-state index is 12.0. The number of piperidine rings is 1. The molecule has 1 unspecified atom stereocenters. The van der Waals surface area contributed by atoms with Crippen molar-refractivity contribution in [1.82, 2.24) is 9.88 Å². The molecule has 1 aromatic heterocycles. The maximum absolute atomic E-state index is 12.0. The van der Waals surface area contributed by atoms with Crippen molar-refractivity contribution in [3.63, 3.8) is 0 Å². The van der Waals surface area contributed by atoms with E-state index < -0.39 is 11.9 Å². The number of nitrogens with zero attached hydrogens (tertiary/aromatic N) is 2. The predicted molar refractivity (Wildman–Crippen MR) is 72.8 cm³/mol. The van der Waals surface area contributed by atoms with Crippen LogP contribution in [0, 0.1) is 12.8 Å². The molecule has 1 saturated heterocycles. The van der Waals surface area contributed by atoms with Crippen molar-refractivity contribution in [1.29, 1.82) is 0 Å². The number of aromatic nitrogens is 1. The summed E-state index contributed by atoms with van der Waals surface area (Å²) in [5.41, 5.74) is 0.766. The molecular formula is C13H16N2O3S. The summed E-state index contributed by atoms with van der Waals surface area (Å²) in [6.07, 6.45) is 4.54. The van der Waals surface area contributed by atoms with Gasteiger partial charge in [0.2, 0.25) is 5.91 Å². The Morgan fingerprint density at radius 1 is 1.58 bits per heavy atom. The van der Waals surface area contributed by atoms with E-state index in [1.165, 1.54) is 17.4 Å². The molecule has 1 fully saturated rings. The zero-order valence-electron chi connectivity index (χ0n) is 10.7. The average Bonchev–Trinajstić information content (AvgIpc) is 2.82. The smallest absolute Gasteiger partial charge is 0.308 e. The van der Waals surface area contributed by atoms with Gasteiger partial charge in [-0.3, -0.25) is 9.59 Å². The van der Waals surface area contributed by atoms with Crippen molar-refractivity contribution in [3.05, 3.63) is 22.2 Å². The largest absolute Gasteiger partial charge is 0.481 e. The van der Waals surface area contributed by atoms with E-state index in [1.807, 2.05) is 12.3 Å². The van der Waals surface area contributed by atoms with Crippen LogP contribution >= 0.6 is 11.3 Å². The molecule has 0 aliphatic carbocycles. The van der Waals surface area contributed by atoms with Crippen LogP contribution in [0.4, 0.5) is 0 Å². The van der Waals surface area contributed by atoms with Gasteiger partial charge < -0.3 is 10.0 Å². The Morgan fingerprint density at radius 2 is 2.37 bits per heavy atom. The van der Waals surface area contributed by atoms with Gasteiger partial charge in [-0.25, -0.2) is 4.98 Å². The molecule has 19 heavy (non-hydrogen) atoms. The van der Waals surface area contributed by atoms with E-state index >= 15 is 0 Å². The summed E-state index contributed by atoms with van der Waals surface area (Å²) in [7, 11) is 0. The van der Waals surface area contributed by atoms with Gasteiger partial charge in [-0.15, -0.1) is 11.3 Å². The highest BCUT2D eigenvalue weighted by Crippen LogP contribution is 2.17. The van der Waals surface area contributed by atoms with Crippen LogP contribution in [-0.4, -0.2) is 40.0 Å². The first-order valence-corrected chi connectivity index (χ1v) is 7.06.